The average molecular weight is 466 g/mol. The third-order valence-electron chi connectivity index (χ3n) is 3.95. The van der Waals surface area contributed by atoms with Crippen molar-refractivity contribution in [3.05, 3.63) is 81.8 Å². The van der Waals surface area contributed by atoms with Gasteiger partial charge in [-0.05, 0) is 48.5 Å². The topological polar surface area (TPSA) is 59.6 Å². The summed E-state index contributed by atoms with van der Waals surface area (Å²) in [7, 11) is 0. The quantitative estimate of drug-likeness (QED) is 0.294. The van der Waals surface area contributed by atoms with E-state index in [0.29, 0.717) is 45.4 Å². The van der Waals surface area contributed by atoms with Gasteiger partial charge in [-0.3, -0.25) is 4.79 Å². The van der Waals surface area contributed by atoms with E-state index in [2.05, 4.69) is 10.6 Å². The Balaban J connectivity index is 1.41. The van der Waals surface area contributed by atoms with E-state index < -0.39 is 0 Å². The van der Waals surface area contributed by atoms with Crippen molar-refractivity contribution in [1.29, 1.82) is 0 Å². The average Bonchev–Trinajstić information content (AvgIpc) is 2.75. The molecule has 0 atom stereocenters. The molecule has 8 heteroatoms. The molecule has 5 nitrogen and oxygen atoms in total. The van der Waals surface area contributed by atoms with Crippen LogP contribution in [0.2, 0.25) is 15.1 Å². The minimum absolute atomic E-state index is 0.0206. The number of hydrogen-bond acceptors (Lipinski definition) is 4. The van der Waals surface area contributed by atoms with Crippen LogP contribution in [0, 0.1) is 0 Å². The van der Waals surface area contributed by atoms with E-state index >= 15 is 0 Å². The zero-order valence-electron chi connectivity index (χ0n) is 15.8. The highest BCUT2D eigenvalue weighted by Gasteiger charge is 2.08. The SMILES string of the molecule is O=C(CNc1cc(Cl)c(Cl)cc1Cl)Nc1ccc(OCCOc2ccccc2)cc1. The number of benzene rings is 3. The van der Waals surface area contributed by atoms with Crippen LogP contribution >= 0.6 is 34.8 Å². The predicted octanol–water partition coefficient (Wildman–Crippen LogP) is 6.16. The molecule has 3 aromatic rings. The summed E-state index contributed by atoms with van der Waals surface area (Å²) in [6.07, 6.45) is 0. The zero-order valence-corrected chi connectivity index (χ0v) is 18.1. The molecule has 0 saturated carbocycles. The van der Waals surface area contributed by atoms with E-state index in [9.17, 15) is 4.79 Å². The first-order valence-corrected chi connectivity index (χ1v) is 10.2. The Morgan fingerprint density at radius 2 is 1.37 bits per heavy atom. The van der Waals surface area contributed by atoms with Gasteiger partial charge in [-0.1, -0.05) is 53.0 Å². The van der Waals surface area contributed by atoms with Crippen LogP contribution < -0.4 is 20.1 Å². The van der Waals surface area contributed by atoms with Gasteiger partial charge < -0.3 is 20.1 Å². The number of rotatable bonds is 9. The molecular weight excluding hydrogens is 447 g/mol. The van der Waals surface area contributed by atoms with Gasteiger partial charge in [0.1, 0.15) is 24.7 Å². The number of halogens is 3. The number of amides is 1. The minimum Gasteiger partial charge on any atom is -0.490 e. The Hall–Kier alpha value is -2.60. The van der Waals surface area contributed by atoms with Gasteiger partial charge in [-0.2, -0.15) is 0 Å². The summed E-state index contributed by atoms with van der Waals surface area (Å²) in [5.41, 5.74) is 1.18. The van der Waals surface area contributed by atoms with Crippen LogP contribution in [-0.2, 0) is 4.79 Å². The summed E-state index contributed by atoms with van der Waals surface area (Å²) in [6.45, 7) is 0.868. The maximum absolute atomic E-state index is 12.2. The Labute approximate surface area is 189 Å². The molecule has 0 bridgehead atoms. The highest BCUT2D eigenvalue weighted by atomic mass is 35.5. The lowest BCUT2D eigenvalue weighted by Crippen LogP contribution is -2.21. The Morgan fingerprint density at radius 3 is 2.03 bits per heavy atom. The van der Waals surface area contributed by atoms with E-state index in [1.165, 1.54) is 6.07 Å². The molecule has 1 amide bonds. The standard InChI is InChI=1S/C22H19Cl3N2O3/c23-18-12-20(25)21(13-19(18)24)26-14-22(28)27-15-6-8-17(9-7-15)30-11-10-29-16-4-2-1-3-5-16/h1-9,12-13,26H,10-11,14H2,(H,27,28). The van der Waals surface area contributed by atoms with Gasteiger partial charge in [0.05, 0.1) is 27.3 Å². The molecule has 156 valence electrons. The van der Waals surface area contributed by atoms with Crippen molar-refractivity contribution < 1.29 is 14.3 Å². The zero-order chi connectivity index (χ0) is 21.3. The number of carbonyl (C=O) groups excluding carboxylic acids is 1. The van der Waals surface area contributed by atoms with Gasteiger partial charge in [-0.15, -0.1) is 0 Å². The van der Waals surface area contributed by atoms with Crippen LogP contribution in [0.15, 0.2) is 66.7 Å². The summed E-state index contributed by atoms with van der Waals surface area (Å²) in [5, 5.41) is 6.82. The lowest BCUT2D eigenvalue weighted by atomic mass is 10.3. The second-order valence-corrected chi connectivity index (χ2v) is 7.40. The number of carbonyl (C=O) groups is 1. The number of ether oxygens (including phenoxy) is 2. The molecule has 0 aliphatic rings. The van der Waals surface area contributed by atoms with Crippen molar-refractivity contribution in [3.8, 4) is 11.5 Å². The normalized spacial score (nSPS) is 10.4. The highest BCUT2D eigenvalue weighted by molar-refractivity contribution is 6.44. The molecule has 0 fully saturated rings. The lowest BCUT2D eigenvalue weighted by molar-refractivity contribution is -0.114. The van der Waals surface area contributed by atoms with Gasteiger partial charge in [0, 0.05) is 5.69 Å². The Kier molecular flexibility index (Phi) is 8.08. The monoisotopic (exact) mass is 464 g/mol. The maximum atomic E-state index is 12.2. The smallest absolute Gasteiger partial charge is 0.243 e. The molecule has 3 aromatic carbocycles. The van der Waals surface area contributed by atoms with Crippen molar-refractivity contribution in [2.75, 3.05) is 30.4 Å². The van der Waals surface area contributed by atoms with Gasteiger partial charge in [0.15, 0.2) is 0 Å². The van der Waals surface area contributed by atoms with Crippen molar-refractivity contribution in [2.24, 2.45) is 0 Å². The van der Waals surface area contributed by atoms with Gasteiger partial charge >= 0.3 is 0 Å². The summed E-state index contributed by atoms with van der Waals surface area (Å²) in [5.74, 6) is 1.25. The minimum atomic E-state index is -0.234. The third-order valence-corrected chi connectivity index (χ3v) is 4.99. The van der Waals surface area contributed by atoms with E-state index in [1.807, 2.05) is 30.3 Å². The molecule has 3 rings (SSSR count). The lowest BCUT2D eigenvalue weighted by Gasteiger charge is -2.11. The molecule has 0 heterocycles. The maximum Gasteiger partial charge on any atom is 0.243 e. The second-order valence-electron chi connectivity index (χ2n) is 6.18. The first-order valence-electron chi connectivity index (χ1n) is 9.10. The number of anilines is 2. The van der Waals surface area contributed by atoms with Crippen LogP contribution in [0.4, 0.5) is 11.4 Å². The summed E-state index contributed by atoms with van der Waals surface area (Å²) >= 11 is 18.0. The van der Waals surface area contributed by atoms with E-state index in [4.69, 9.17) is 44.3 Å². The second kappa shape index (κ2) is 11.0. The van der Waals surface area contributed by atoms with E-state index in [1.54, 1.807) is 30.3 Å². The molecule has 0 unspecified atom stereocenters. The van der Waals surface area contributed by atoms with Gasteiger partial charge in [0.2, 0.25) is 5.91 Å². The Morgan fingerprint density at radius 1 is 0.767 bits per heavy atom. The molecule has 30 heavy (non-hydrogen) atoms. The molecule has 0 spiro atoms. The molecule has 0 radical (unpaired) electrons. The van der Waals surface area contributed by atoms with E-state index in [0.717, 1.165) is 5.75 Å². The van der Waals surface area contributed by atoms with Crippen molar-refractivity contribution in [2.45, 2.75) is 0 Å². The largest absolute Gasteiger partial charge is 0.490 e. The van der Waals surface area contributed by atoms with Crippen LogP contribution in [0.3, 0.4) is 0 Å². The van der Waals surface area contributed by atoms with Gasteiger partial charge in [-0.25, -0.2) is 0 Å². The van der Waals surface area contributed by atoms with Crippen molar-refractivity contribution in [3.63, 3.8) is 0 Å². The summed E-state index contributed by atoms with van der Waals surface area (Å²) in [6, 6.07) is 19.7. The number of para-hydroxylation sites is 1. The van der Waals surface area contributed by atoms with Crippen LogP contribution in [-0.4, -0.2) is 25.7 Å². The predicted molar refractivity (Wildman–Crippen MR) is 122 cm³/mol. The molecule has 0 aliphatic heterocycles. The fourth-order valence-electron chi connectivity index (χ4n) is 2.51. The number of hydrogen-bond donors (Lipinski definition) is 2. The third kappa shape index (κ3) is 6.73. The molecular formula is C22H19Cl3N2O3. The van der Waals surface area contributed by atoms with Crippen LogP contribution in [0.5, 0.6) is 11.5 Å². The molecule has 0 aromatic heterocycles. The highest BCUT2D eigenvalue weighted by Crippen LogP contribution is 2.32. The summed E-state index contributed by atoms with van der Waals surface area (Å²) < 4.78 is 11.2. The van der Waals surface area contributed by atoms with Crippen molar-refractivity contribution in [1.82, 2.24) is 0 Å². The molecule has 0 aliphatic carbocycles. The molecule has 0 saturated heterocycles. The van der Waals surface area contributed by atoms with Crippen LogP contribution in [0.1, 0.15) is 0 Å². The van der Waals surface area contributed by atoms with Crippen LogP contribution in [0.25, 0.3) is 0 Å². The first kappa shape index (κ1) is 22.1. The first-order chi connectivity index (χ1) is 14.5. The van der Waals surface area contributed by atoms with Crippen molar-refractivity contribution >= 4 is 52.1 Å². The molecule has 2 N–H and O–H groups in total. The van der Waals surface area contributed by atoms with Gasteiger partial charge in [0.25, 0.3) is 0 Å². The summed E-state index contributed by atoms with van der Waals surface area (Å²) in [4.78, 5) is 12.2. The van der Waals surface area contributed by atoms with E-state index in [-0.39, 0.29) is 12.5 Å². The number of nitrogens with one attached hydrogen (secondary N) is 2. The fraction of sp³-hybridized carbons (Fsp3) is 0.136. The fourth-order valence-corrected chi connectivity index (χ4v) is 3.12. The Bertz CT molecular complexity index is 983.